The van der Waals surface area contributed by atoms with Gasteiger partial charge >= 0.3 is 5.69 Å². The first-order valence-electron chi connectivity index (χ1n) is 5.33. The van der Waals surface area contributed by atoms with Crippen molar-refractivity contribution in [2.75, 3.05) is 0 Å². The molecule has 0 saturated heterocycles. The summed E-state index contributed by atoms with van der Waals surface area (Å²) in [7, 11) is 0. The fraction of sp³-hybridized carbons (Fsp3) is 0.300. The third-order valence-electron chi connectivity index (χ3n) is 2.06. The molecule has 78 valence electrons. The van der Waals surface area contributed by atoms with Crippen LogP contribution in [0.3, 0.4) is 0 Å². The minimum absolute atomic E-state index is 0.334. The Hall–Kier alpha value is -1.91. The standard InChI is InChI=1S/C10H12N4O/c1-2-4-8-5-3-6-9(7-8)14-10(15)11-12-13-14/h3,5-7H,2,4H2,1H3,(H,11,13,15)/i7T. The SMILES string of the molecule is [3H]c1c(CCC)cccc1-n1nn[nH]c1=O. The Balaban J connectivity index is 2.54. The fourth-order valence-corrected chi connectivity index (χ4v) is 1.40. The molecule has 1 heterocycles. The first-order valence-corrected chi connectivity index (χ1v) is 4.83. The average Bonchev–Trinajstić information content (AvgIpc) is 2.68. The second-order valence-corrected chi connectivity index (χ2v) is 3.23. The molecule has 1 N–H and O–H groups in total. The van der Waals surface area contributed by atoms with Crippen molar-refractivity contribution in [2.24, 2.45) is 0 Å². The smallest absolute Gasteiger partial charge is 0.244 e. The van der Waals surface area contributed by atoms with Crippen molar-refractivity contribution in [3.8, 4) is 5.69 Å². The Labute approximate surface area is 88.1 Å². The number of nitrogens with one attached hydrogen (secondary N) is 1. The summed E-state index contributed by atoms with van der Waals surface area (Å²) in [5.41, 5.74) is 0.946. The third-order valence-corrected chi connectivity index (χ3v) is 2.06. The molecule has 0 bridgehead atoms. The Morgan fingerprint density at radius 3 is 3.13 bits per heavy atom. The molecule has 0 amide bonds. The predicted octanol–water partition coefficient (Wildman–Crippen LogP) is 0.908. The largest absolute Gasteiger partial charge is 0.365 e. The highest BCUT2D eigenvalue weighted by Gasteiger charge is 2.02. The van der Waals surface area contributed by atoms with Crippen molar-refractivity contribution in [3.63, 3.8) is 0 Å². The van der Waals surface area contributed by atoms with E-state index in [0.717, 1.165) is 23.1 Å². The summed E-state index contributed by atoms with van der Waals surface area (Å²) < 4.78 is 9.08. The van der Waals surface area contributed by atoms with Gasteiger partial charge in [-0.3, -0.25) is 0 Å². The summed E-state index contributed by atoms with van der Waals surface area (Å²) in [5.74, 6) is 0. The molecule has 0 radical (unpaired) electrons. The monoisotopic (exact) mass is 206 g/mol. The number of aromatic amines is 1. The van der Waals surface area contributed by atoms with Crippen molar-refractivity contribution in [2.45, 2.75) is 19.8 Å². The number of aromatic nitrogens is 4. The molecule has 5 nitrogen and oxygen atoms in total. The maximum Gasteiger partial charge on any atom is 0.365 e. The Kier molecular flexibility index (Phi) is 2.29. The molecule has 0 aliphatic heterocycles. The van der Waals surface area contributed by atoms with Gasteiger partial charge in [0.05, 0.1) is 7.06 Å². The lowest BCUT2D eigenvalue weighted by Crippen LogP contribution is -2.16. The van der Waals surface area contributed by atoms with Crippen LogP contribution in [0, 0.1) is 0 Å². The van der Waals surface area contributed by atoms with Crippen molar-refractivity contribution in [1.29, 1.82) is 0 Å². The Morgan fingerprint density at radius 1 is 1.60 bits per heavy atom. The average molecular weight is 206 g/mol. The first kappa shape index (κ1) is 8.40. The maximum absolute atomic E-state index is 11.3. The summed E-state index contributed by atoms with van der Waals surface area (Å²) in [6.45, 7) is 2.05. The van der Waals surface area contributed by atoms with Crippen LogP contribution in [0.4, 0.5) is 0 Å². The topological polar surface area (TPSA) is 63.6 Å². The van der Waals surface area contributed by atoms with E-state index in [1.54, 1.807) is 6.07 Å². The van der Waals surface area contributed by atoms with Crippen LogP contribution in [0.1, 0.15) is 20.3 Å². The van der Waals surface area contributed by atoms with Crippen LogP contribution in [0.2, 0.25) is 0 Å². The highest BCUT2D eigenvalue weighted by molar-refractivity contribution is 5.34. The van der Waals surface area contributed by atoms with Gasteiger partial charge in [-0.2, -0.15) is 4.68 Å². The van der Waals surface area contributed by atoms with Crippen molar-refractivity contribution in [3.05, 3.63) is 40.3 Å². The lowest BCUT2D eigenvalue weighted by Gasteiger charge is -2.01. The summed E-state index contributed by atoms with van der Waals surface area (Å²) >= 11 is 0. The van der Waals surface area contributed by atoms with Gasteiger partial charge in [0, 0.05) is 0 Å². The number of nitrogens with zero attached hydrogens (tertiary/aromatic N) is 3. The maximum atomic E-state index is 11.3. The summed E-state index contributed by atoms with van der Waals surface area (Å²) in [6.07, 6.45) is 1.78. The number of hydrogen-bond acceptors (Lipinski definition) is 3. The highest BCUT2D eigenvalue weighted by atomic mass is 16.2. The van der Waals surface area contributed by atoms with Crippen molar-refractivity contribution < 1.29 is 1.37 Å². The van der Waals surface area contributed by atoms with E-state index in [1.165, 1.54) is 0 Å². The lowest BCUT2D eigenvalue weighted by molar-refractivity contribution is 0.777. The zero-order chi connectivity index (χ0) is 11.5. The van der Waals surface area contributed by atoms with Crippen LogP contribution in [-0.2, 0) is 6.42 Å². The second-order valence-electron chi connectivity index (χ2n) is 3.23. The van der Waals surface area contributed by atoms with Crippen LogP contribution in [0.5, 0.6) is 0 Å². The molecular formula is C10H12N4O. The van der Waals surface area contributed by atoms with E-state index in [4.69, 9.17) is 1.37 Å². The van der Waals surface area contributed by atoms with E-state index in [1.807, 2.05) is 19.1 Å². The second kappa shape index (κ2) is 4.08. The van der Waals surface area contributed by atoms with Crippen LogP contribution in [0.15, 0.2) is 29.0 Å². The van der Waals surface area contributed by atoms with Gasteiger partial charge in [0.25, 0.3) is 0 Å². The predicted molar refractivity (Wildman–Crippen MR) is 56.0 cm³/mol. The minimum Gasteiger partial charge on any atom is -0.244 e. The zero-order valence-electron chi connectivity index (χ0n) is 9.40. The molecule has 0 unspecified atom stereocenters. The number of benzene rings is 1. The summed E-state index contributed by atoms with van der Waals surface area (Å²) in [6, 6.07) is 5.73. The van der Waals surface area contributed by atoms with Gasteiger partial charge in [-0.05, 0) is 34.5 Å². The normalized spacial score (nSPS) is 11.4. The Morgan fingerprint density at radius 2 is 2.47 bits per heavy atom. The minimum atomic E-state index is -0.429. The zero-order valence-corrected chi connectivity index (χ0v) is 8.40. The molecule has 15 heavy (non-hydrogen) atoms. The molecule has 1 aromatic heterocycles. The molecule has 0 fully saturated rings. The van der Waals surface area contributed by atoms with E-state index in [9.17, 15) is 4.79 Å². The quantitative estimate of drug-likeness (QED) is 0.811. The number of hydrogen-bond donors (Lipinski definition) is 1. The van der Waals surface area contributed by atoms with Crippen LogP contribution in [-0.4, -0.2) is 20.2 Å². The van der Waals surface area contributed by atoms with Gasteiger partial charge in [-0.25, -0.2) is 9.89 Å². The molecular weight excluding hydrogens is 192 g/mol. The van der Waals surface area contributed by atoms with Gasteiger partial charge < -0.3 is 0 Å². The number of H-pyrrole nitrogens is 1. The highest BCUT2D eigenvalue weighted by Crippen LogP contribution is 2.09. The third kappa shape index (κ3) is 1.96. The van der Waals surface area contributed by atoms with Gasteiger partial charge in [0.1, 0.15) is 0 Å². The van der Waals surface area contributed by atoms with Crippen molar-refractivity contribution in [1.82, 2.24) is 20.2 Å². The van der Waals surface area contributed by atoms with Crippen LogP contribution < -0.4 is 5.69 Å². The molecule has 5 heteroatoms. The number of rotatable bonds is 3. The fourth-order valence-electron chi connectivity index (χ4n) is 1.40. The van der Waals surface area contributed by atoms with Gasteiger partial charge in [0.15, 0.2) is 0 Å². The molecule has 0 spiro atoms. The van der Waals surface area contributed by atoms with E-state index in [2.05, 4.69) is 15.5 Å². The first-order chi connectivity index (χ1) is 7.74. The van der Waals surface area contributed by atoms with Crippen LogP contribution >= 0.6 is 0 Å². The summed E-state index contributed by atoms with van der Waals surface area (Å²) in [4.78, 5) is 11.3. The molecule has 0 aliphatic carbocycles. The lowest BCUT2D eigenvalue weighted by atomic mass is 10.1. The number of aryl methyl sites for hydroxylation is 1. The van der Waals surface area contributed by atoms with E-state index in [0.29, 0.717) is 11.7 Å². The van der Waals surface area contributed by atoms with Crippen LogP contribution in [0.25, 0.3) is 5.69 Å². The van der Waals surface area contributed by atoms with Gasteiger partial charge in [-0.1, -0.05) is 25.5 Å². The Bertz CT molecular complexity index is 546. The summed E-state index contributed by atoms with van der Waals surface area (Å²) in [5, 5.41) is 9.24. The molecule has 0 saturated carbocycles. The van der Waals surface area contributed by atoms with E-state index < -0.39 is 5.69 Å². The molecule has 1 aromatic carbocycles. The molecule has 0 atom stereocenters. The molecule has 2 rings (SSSR count). The van der Waals surface area contributed by atoms with E-state index in [-0.39, 0.29) is 0 Å². The number of tetrazole rings is 1. The van der Waals surface area contributed by atoms with E-state index >= 15 is 0 Å². The molecule has 2 aromatic rings. The van der Waals surface area contributed by atoms with Gasteiger partial charge in [0.2, 0.25) is 0 Å². The van der Waals surface area contributed by atoms with Crippen molar-refractivity contribution >= 4 is 0 Å². The molecule has 0 aliphatic rings. The van der Waals surface area contributed by atoms with Gasteiger partial charge in [-0.15, -0.1) is 0 Å².